The number of nitrogens with zero attached hydrogens (tertiary/aromatic N) is 2. The van der Waals surface area contributed by atoms with E-state index in [2.05, 4.69) is 10.3 Å². The molecule has 1 aromatic heterocycles. The predicted molar refractivity (Wildman–Crippen MR) is 95.1 cm³/mol. The third-order valence-electron chi connectivity index (χ3n) is 3.52. The largest absolute Gasteiger partial charge is 0.441 e. The summed E-state index contributed by atoms with van der Waals surface area (Å²) in [6.07, 6.45) is 2.25. The zero-order valence-corrected chi connectivity index (χ0v) is 14.0. The van der Waals surface area contributed by atoms with Crippen LogP contribution in [0.1, 0.15) is 17.9 Å². The zero-order valence-electron chi connectivity index (χ0n) is 13.2. The summed E-state index contributed by atoms with van der Waals surface area (Å²) >= 11 is 5.87. The van der Waals surface area contributed by atoms with Crippen LogP contribution in [0.5, 0.6) is 0 Å². The van der Waals surface area contributed by atoms with Crippen LogP contribution in [-0.2, 0) is 11.2 Å². The van der Waals surface area contributed by atoms with Gasteiger partial charge in [-0.1, -0.05) is 17.7 Å². The average molecular weight is 352 g/mol. The first kappa shape index (κ1) is 16.7. The number of carbonyl (C=O) groups excluding carboxylic acids is 1. The van der Waals surface area contributed by atoms with Crippen LogP contribution in [0.3, 0.4) is 0 Å². The van der Waals surface area contributed by atoms with Crippen molar-refractivity contribution in [1.29, 1.82) is 5.26 Å². The molecule has 1 amide bonds. The van der Waals surface area contributed by atoms with E-state index in [1.165, 1.54) is 0 Å². The highest BCUT2D eigenvalue weighted by Crippen LogP contribution is 2.22. The van der Waals surface area contributed by atoms with Gasteiger partial charge in [0.2, 0.25) is 5.91 Å². The molecule has 5 nitrogen and oxygen atoms in total. The molecule has 0 saturated heterocycles. The van der Waals surface area contributed by atoms with Crippen molar-refractivity contribution >= 4 is 23.2 Å². The second-order valence-electron chi connectivity index (χ2n) is 5.37. The van der Waals surface area contributed by atoms with E-state index >= 15 is 0 Å². The number of rotatable bonds is 5. The Kier molecular flexibility index (Phi) is 5.12. The first-order chi connectivity index (χ1) is 12.1. The number of aryl methyl sites for hydroxylation is 1. The van der Waals surface area contributed by atoms with Crippen molar-refractivity contribution in [3.63, 3.8) is 0 Å². The number of hydrogen-bond acceptors (Lipinski definition) is 4. The molecule has 0 spiro atoms. The van der Waals surface area contributed by atoms with Crippen molar-refractivity contribution in [2.75, 3.05) is 5.32 Å². The SMILES string of the molecule is N#Cc1cccc(NC(=O)CCc2ncc(-c3ccc(Cl)cc3)o2)c1. The van der Waals surface area contributed by atoms with Gasteiger partial charge in [-0.05, 0) is 42.5 Å². The highest BCUT2D eigenvalue weighted by Gasteiger charge is 2.09. The van der Waals surface area contributed by atoms with Gasteiger partial charge in [-0.15, -0.1) is 0 Å². The smallest absolute Gasteiger partial charge is 0.224 e. The number of anilines is 1. The molecule has 0 aliphatic carbocycles. The maximum Gasteiger partial charge on any atom is 0.224 e. The van der Waals surface area contributed by atoms with Gasteiger partial charge in [-0.2, -0.15) is 5.26 Å². The summed E-state index contributed by atoms with van der Waals surface area (Å²) in [7, 11) is 0. The molecule has 0 atom stereocenters. The van der Waals surface area contributed by atoms with E-state index in [1.54, 1.807) is 42.6 Å². The van der Waals surface area contributed by atoms with Gasteiger partial charge in [-0.25, -0.2) is 4.98 Å². The molecule has 0 radical (unpaired) electrons. The third-order valence-corrected chi connectivity index (χ3v) is 3.78. The molecule has 124 valence electrons. The van der Waals surface area contributed by atoms with Crippen LogP contribution < -0.4 is 5.32 Å². The first-order valence-corrected chi connectivity index (χ1v) is 8.02. The minimum atomic E-state index is -0.165. The minimum Gasteiger partial charge on any atom is -0.441 e. The Labute approximate surface area is 149 Å². The van der Waals surface area contributed by atoms with E-state index < -0.39 is 0 Å². The Morgan fingerprint density at radius 3 is 2.80 bits per heavy atom. The van der Waals surface area contributed by atoms with Gasteiger partial charge in [0.1, 0.15) is 0 Å². The van der Waals surface area contributed by atoms with E-state index in [0.717, 1.165) is 5.56 Å². The number of nitriles is 1. The van der Waals surface area contributed by atoms with Crippen molar-refractivity contribution in [2.45, 2.75) is 12.8 Å². The number of hydrogen-bond donors (Lipinski definition) is 1. The van der Waals surface area contributed by atoms with Crippen LogP contribution in [0.2, 0.25) is 5.02 Å². The van der Waals surface area contributed by atoms with Gasteiger partial charge in [0.15, 0.2) is 11.7 Å². The summed E-state index contributed by atoms with van der Waals surface area (Å²) in [4.78, 5) is 16.2. The Hall–Kier alpha value is -3.10. The number of aromatic nitrogens is 1. The van der Waals surface area contributed by atoms with Gasteiger partial charge in [0.25, 0.3) is 0 Å². The fourth-order valence-electron chi connectivity index (χ4n) is 2.28. The Balaban J connectivity index is 1.57. The minimum absolute atomic E-state index is 0.165. The number of carbonyl (C=O) groups is 1. The van der Waals surface area contributed by atoms with Gasteiger partial charge < -0.3 is 9.73 Å². The lowest BCUT2D eigenvalue weighted by atomic mass is 10.2. The molecule has 0 bridgehead atoms. The molecule has 0 aliphatic rings. The number of oxazole rings is 1. The lowest BCUT2D eigenvalue weighted by molar-refractivity contribution is -0.116. The summed E-state index contributed by atoms with van der Waals surface area (Å²) in [6, 6.07) is 16.1. The molecular formula is C19H14ClN3O2. The first-order valence-electron chi connectivity index (χ1n) is 7.65. The number of benzene rings is 2. The molecular weight excluding hydrogens is 338 g/mol. The summed E-state index contributed by atoms with van der Waals surface area (Å²) in [5, 5.41) is 12.3. The molecule has 1 N–H and O–H groups in total. The summed E-state index contributed by atoms with van der Waals surface area (Å²) in [5.74, 6) is 0.959. The van der Waals surface area contributed by atoms with Crippen molar-refractivity contribution in [2.24, 2.45) is 0 Å². The molecule has 3 rings (SSSR count). The van der Waals surface area contributed by atoms with Gasteiger partial charge in [-0.3, -0.25) is 4.79 Å². The molecule has 6 heteroatoms. The van der Waals surface area contributed by atoms with Crippen LogP contribution in [-0.4, -0.2) is 10.9 Å². The van der Waals surface area contributed by atoms with Crippen molar-refractivity contribution in [1.82, 2.24) is 4.98 Å². The van der Waals surface area contributed by atoms with Crippen LogP contribution in [0, 0.1) is 11.3 Å². The van der Waals surface area contributed by atoms with E-state index in [-0.39, 0.29) is 12.3 Å². The molecule has 1 heterocycles. The number of halogens is 1. The topological polar surface area (TPSA) is 78.9 Å². The molecule has 25 heavy (non-hydrogen) atoms. The Morgan fingerprint density at radius 1 is 1.24 bits per heavy atom. The van der Waals surface area contributed by atoms with E-state index in [1.807, 2.05) is 18.2 Å². The normalized spacial score (nSPS) is 10.2. The lowest BCUT2D eigenvalue weighted by Gasteiger charge is -2.04. The zero-order chi connectivity index (χ0) is 17.6. The van der Waals surface area contributed by atoms with Crippen LogP contribution >= 0.6 is 11.6 Å². The maximum absolute atomic E-state index is 12.0. The van der Waals surface area contributed by atoms with Crippen LogP contribution in [0.15, 0.2) is 59.1 Å². The molecule has 3 aromatic rings. The quantitative estimate of drug-likeness (QED) is 0.737. The van der Waals surface area contributed by atoms with Gasteiger partial charge >= 0.3 is 0 Å². The molecule has 0 aliphatic heterocycles. The second-order valence-corrected chi connectivity index (χ2v) is 5.80. The third kappa shape index (κ3) is 4.46. The van der Waals surface area contributed by atoms with E-state index in [0.29, 0.717) is 34.3 Å². The fraction of sp³-hybridized carbons (Fsp3) is 0.105. The second kappa shape index (κ2) is 7.65. The molecule has 2 aromatic carbocycles. The standard InChI is InChI=1S/C19H14ClN3O2/c20-15-6-4-14(5-7-15)17-12-22-19(25-17)9-8-18(24)23-16-3-1-2-13(10-16)11-21/h1-7,10,12H,8-9H2,(H,23,24). The molecule has 0 saturated carbocycles. The Bertz CT molecular complexity index is 926. The molecule has 0 unspecified atom stereocenters. The highest BCUT2D eigenvalue weighted by atomic mass is 35.5. The van der Waals surface area contributed by atoms with Crippen LogP contribution in [0.4, 0.5) is 5.69 Å². The summed E-state index contributed by atoms with van der Waals surface area (Å²) in [5.41, 5.74) is 1.97. The maximum atomic E-state index is 12.0. The average Bonchev–Trinajstić information content (AvgIpc) is 3.10. The fourth-order valence-corrected chi connectivity index (χ4v) is 2.41. The van der Waals surface area contributed by atoms with Gasteiger partial charge in [0, 0.05) is 29.1 Å². The van der Waals surface area contributed by atoms with Crippen LogP contribution in [0.25, 0.3) is 11.3 Å². The van der Waals surface area contributed by atoms with Crippen molar-refractivity contribution in [3.8, 4) is 17.4 Å². The van der Waals surface area contributed by atoms with E-state index in [4.69, 9.17) is 21.3 Å². The highest BCUT2D eigenvalue weighted by molar-refractivity contribution is 6.30. The summed E-state index contributed by atoms with van der Waals surface area (Å²) < 4.78 is 5.67. The van der Waals surface area contributed by atoms with E-state index in [9.17, 15) is 4.79 Å². The molecule has 0 fully saturated rings. The predicted octanol–water partition coefficient (Wildman–Crippen LogP) is 4.44. The Morgan fingerprint density at radius 2 is 2.04 bits per heavy atom. The lowest BCUT2D eigenvalue weighted by Crippen LogP contribution is -2.12. The van der Waals surface area contributed by atoms with Crippen molar-refractivity contribution < 1.29 is 9.21 Å². The number of amides is 1. The number of nitrogens with one attached hydrogen (secondary N) is 1. The van der Waals surface area contributed by atoms with Crippen molar-refractivity contribution in [3.05, 3.63) is 71.2 Å². The summed E-state index contributed by atoms with van der Waals surface area (Å²) in [6.45, 7) is 0. The van der Waals surface area contributed by atoms with Gasteiger partial charge in [0.05, 0.1) is 17.8 Å². The monoisotopic (exact) mass is 351 g/mol.